The molecule has 0 saturated carbocycles. The van der Waals surface area contributed by atoms with E-state index in [1.54, 1.807) is 6.92 Å². The van der Waals surface area contributed by atoms with Crippen molar-refractivity contribution in [1.29, 1.82) is 5.26 Å². The normalized spacial score (nSPS) is 27.1. The first-order valence-electron chi connectivity index (χ1n) is 13.3. The number of benzene rings is 1. The molecule has 0 aliphatic carbocycles. The summed E-state index contributed by atoms with van der Waals surface area (Å²) in [6.45, 7) is 18.7. The van der Waals surface area contributed by atoms with Crippen LogP contribution < -0.4 is 4.52 Å². The van der Waals surface area contributed by atoms with Crippen molar-refractivity contribution in [2.75, 3.05) is 0 Å². The number of nitriles is 1. The standard InChI is InChI=1S/C28H44NO7PSi/c1-15-18-11-21(34-26(32)25(18)22(35-37)12-19(15)30)16(2)20(31)13-23-28(6,7)24(10-17(14-29)33-23)36-38(8,9)27(3,4)5/h12,16-17,20-21,23-24,30-31H,10-11,13,37H2,1-9H3/t16-,17+,20+,21-,23-,24-/m1/s1. The maximum absolute atomic E-state index is 12.9. The van der Waals surface area contributed by atoms with Crippen molar-refractivity contribution in [2.24, 2.45) is 11.3 Å². The highest BCUT2D eigenvalue weighted by atomic mass is 31.0. The maximum Gasteiger partial charge on any atom is 0.342 e. The molecule has 1 unspecified atom stereocenters. The SMILES string of the molecule is Cc1c(O)cc(OP)c2c1C[C@H]([C@H](C)[C@@H](O)C[C@H]1O[C@H](C#N)C[C@@H](O[Si](C)(C)C(C)(C)C)C1(C)C)OC2=O. The monoisotopic (exact) mass is 565 g/mol. The Morgan fingerprint density at radius 1 is 1.34 bits per heavy atom. The third-order valence-electron chi connectivity index (χ3n) is 9.10. The minimum absolute atomic E-state index is 0.0160. The van der Waals surface area contributed by atoms with Gasteiger partial charge in [-0.1, -0.05) is 41.5 Å². The van der Waals surface area contributed by atoms with Crippen LogP contribution in [0.5, 0.6) is 11.5 Å². The van der Waals surface area contributed by atoms with E-state index in [9.17, 15) is 20.3 Å². The van der Waals surface area contributed by atoms with E-state index in [0.29, 0.717) is 29.5 Å². The quantitative estimate of drug-likeness (QED) is 0.255. The zero-order valence-electron chi connectivity index (χ0n) is 24.1. The summed E-state index contributed by atoms with van der Waals surface area (Å²) >= 11 is 0. The van der Waals surface area contributed by atoms with Crippen LogP contribution in [0, 0.1) is 29.6 Å². The van der Waals surface area contributed by atoms with Gasteiger partial charge < -0.3 is 28.6 Å². The highest BCUT2D eigenvalue weighted by Gasteiger charge is 2.51. The van der Waals surface area contributed by atoms with E-state index in [2.05, 4.69) is 63.2 Å². The summed E-state index contributed by atoms with van der Waals surface area (Å²) in [5.74, 6) is -0.693. The highest BCUT2D eigenvalue weighted by Crippen LogP contribution is 2.46. The van der Waals surface area contributed by atoms with Crippen molar-refractivity contribution in [1.82, 2.24) is 0 Å². The highest BCUT2D eigenvalue weighted by molar-refractivity contribution is 7.10. The first-order chi connectivity index (χ1) is 17.4. The van der Waals surface area contributed by atoms with E-state index in [0.717, 1.165) is 0 Å². The lowest BCUT2D eigenvalue weighted by Gasteiger charge is -2.51. The lowest BCUT2D eigenvalue weighted by Crippen LogP contribution is -2.57. The van der Waals surface area contributed by atoms with E-state index >= 15 is 0 Å². The minimum atomic E-state index is -2.12. The number of rotatable bonds is 7. The van der Waals surface area contributed by atoms with E-state index in [1.807, 2.05) is 6.92 Å². The number of fused-ring (bicyclic) bond motifs is 1. The molecule has 1 aromatic rings. The molecule has 0 amide bonds. The number of nitrogens with zero attached hydrogens (tertiary/aromatic N) is 1. The number of esters is 1. The maximum atomic E-state index is 12.9. The number of carbonyl (C=O) groups excluding carboxylic acids is 1. The number of aromatic hydroxyl groups is 1. The number of phenolic OH excluding ortho intramolecular Hbond substituents is 1. The number of aliphatic hydroxyl groups is 1. The van der Waals surface area contributed by atoms with Crippen molar-refractivity contribution >= 4 is 23.8 Å². The van der Waals surface area contributed by atoms with Crippen LogP contribution in [0.3, 0.4) is 0 Å². The Morgan fingerprint density at radius 2 is 1.97 bits per heavy atom. The summed E-state index contributed by atoms with van der Waals surface area (Å²) in [6, 6.07) is 3.66. The number of ether oxygens (including phenoxy) is 2. The number of hydrogen-bond acceptors (Lipinski definition) is 8. The van der Waals surface area contributed by atoms with Gasteiger partial charge in [0.25, 0.3) is 0 Å². The molecule has 0 aromatic heterocycles. The number of phenols is 1. The van der Waals surface area contributed by atoms with Crippen LogP contribution in [-0.2, 0) is 20.3 Å². The van der Waals surface area contributed by atoms with Crippen molar-refractivity contribution < 1.29 is 33.4 Å². The molecule has 1 fully saturated rings. The van der Waals surface area contributed by atoms with Gasteiger partial charge in [0.2, 0.25) is 0 Å². The van der Waals surface area contributed by atoms with Gasteiger partial charge in [0.1, 0.15) is 29.3 Å². The fourth-order valence-electron chi connectivity index (χ4n) is 5.09. The predicted octanol–water partition coefficient (Wildman–Crippen LogP) is 5.44. The van der Waals surface area contributed by atoms with E-state index in [4.69, 9.17) is 18.4 Å². The third-order valence-corrected chi connectivity index (χ3v) is 13.8. The molecule has 7 atom stereocenters. The molecular weight excluding hydrogens is 521 g/mol. The second kappa shape index (κ2) is 11.1. The van der Waals surface area contributed by atoms with Crippen LogP contribution in [0.2, 0.25) is 18.1 Å². The van der Waals surface area contributed by atoms with Gasteiger partial charge in [0, 0.05) is 36.7 Å². The Labute approximate surface area is 230 Å². The second-order valence-corrected chi connectivity index (χ2v) is 18.0. The van der Waals surface area contributed by atoms with Gasteiger partial charge >= 0.3 is 5.97 Å². The molecule has 10 heteroatoms. The number of hydrogen-bond donors (Lipinski definition) is 2. The molecule has 2 heterocycles. The lowest BCUT2D eigenvalue weighted by atomic mass is 9.73. The van der Waals surface area contributed by atoms with Crippen LogP contribution in [0.25, 0.3) is 0 Å². The van der Waals surface area contributed by atoms with Gasteiger partial charge in [0.05, 0.1) is 33.8 Å². The Morgan fingerprint density at radius 3 is 2.53 bits per heavy atom. The zero-order valence-corrected chi connectivity index (χ0v) is 26.3. The van der Waals surface area contributed by atoms with Crippen molar-refractivity contribution in [3.63, 3.8) is 0 Å². The van der Waals surface area contributed by atoms with E-state index < -0.39 is 50.0 Å². The molecule has 1 aromatic carbocycles. The van der Waals surface area contributed by atoms with Crippen molar-refractivity contribution in [3.8, 4) is 17.6 Å². The van der Waals surface area contributed by atoms with E-state index in [1.165, 1.54) is 6.07 Å². The smallest absolute Gasteiger partial charge is 0.342 e. The Hall–Kier alpha value is -1.69. The molecule has 212 valence electrons. The number of cyclic esters (lactones) is 1. The van der Waals surface area contributed by atoms with Crippen molar-refractivity contribution in [3.05, 3.63) is 22.8 Å². The van der Waals surface area contributed by atoms with Crippen LogP contribution in [0.15, 0.2) is 6.07 Å². The average Bonchev–Trinajstić information content (AvgIpc) is 2.82. The first-order valence-corrected chi connectivity index (χ1v) is 16.7. The summed E-state index contributed by atoms with van der Waals surface area (Å²) in [5, 5.41) is 31.5. The molecule has 0 bridgehead atoms. The first kappa shape index (κ1) is 30.8. The predicted molar refractivity (Wildman–Crippen MR) is 151 cm³/mol. The molecule has 3 rings (SSSR count). The largest absolute Gasteiger partial charge is 0.508 e. The number of aliphatic hydroxyl groups excluding tert-OH is 1. The van der Waals surface area contributed by atoms with Gasteiger partial charge in [-0.3, -0.25) is 0 Å². The Bertz CT molecular complexity index is 1090. The summed E-state index contributed by atoms with van der Waals surface area (Å²) in [4.78, 5) is 12.9. The second-order valence-electron chi connectivity index (χ2n) is 13.0. The molecule has 0 spiro atoms. The molecule has 8 nitrogen and oxygen atoms in total. The van der Waals surface area contributed by atoms with Gasteiger partial charge in [0.15, 0.2) is 8.32 Å². The summed E-state index contributed by atoms with van der Waals surface area (Å²) < 4.78 is 24.0. The molecule has 38 heavy (non-hydrogen) atoms. The van der Waals surface area contributed by atoms with Gasteiger partial charge in [-0.05, 0) is 36.2 Å². The van der Waals surface area contributed by atoms with Crippen LogP contribution >= 0.6 is 9.47 Å². The fourth-order valence-corrected chi connectivity index (χ4v) is 6.74. The summed E-state index contributed by atoms with van der Waals surface area (Å²) in [5.41, 5.74) is 1.09. The minimum Gasteiger partial charge on any atom is -0.508 e. The molecule has 0 radical (unpaired) electrons. The summed E-state index contributed by atoms with van der Waals surface area (Å²) in [7, 11) is -0.0289. The van der Waals surface area contributed by atoms with Crippen molar-refractivity contribution in [2.45, 2.75) is 116 Å². The summed E-state index contributed by atoms with van der Waals surface area (Å²) in [6.07, 6.45) is -1.61. The molecule has 2 N–H and O–H groups in total. The van der Waals surface area contributed by atoms with E-state index in [-0.39, 0.29) is 29.1 Å². The molecule has 2 aliphatic heterocycles. The fraction of sp³-hybridized carbons (Fsp3) is 0.714. The number of carbonyl (C=O) groups is 1. The average molecular weight is 566 g/mol. The van der Waals surface area contributed by atoms with Gasteiger partial charge in [-0.15, -0.1) is 0 Å². The Kier molecular flexibility index (Phi) is 8.97. The van der Waals surface area contributed by atoms with Crippen LogP contribution in [0.4, 0.5) is 0 Å². The Balaban J connectivity index is 1.81. The topological polar surface area (TPSA) is 118 Å². The van der Waals surface area contributed by atoms with Crippen LogP contribution in [0.1, 0.15) is 75.9 Å². The van der Waals surface area contributed by atoms with Gasteiger partial charge in [-0.2, -0.15) is 5.26 Å². The van der Waals surface area contributed by atoms with Gasteiger partial charge in [-0.25, -0.2) is 4.79 Å². The van der Waals surface area contributed by atoms with Crippen LogP contribution in [-0.4, -0.2) is 55.0 Å². The molecule has 2 aliphatic rings. The lowest BCUT2D eigenvalue weighted by molar-refractivity contribution is -0.167. The molecule has 1 saturated heterocycles. The zero-order chi connectivity index (χ0) is 28.8. The third kappa shape index (κ3) is 5.90. The molecular formula is C28H44NO7PSi.